The first-order chi connectivity index (χ1) is 14.9. The Bertz CT molecular complexity index is 1310. The number of sulfonamides is 1. The molecular formula is C22H22N4O3S2. The molecule has 0 bridgehead atoms. The summed E-state index contributed by atoms with van der Waals surface area (Å²) in [5, 5.41) is 4.68. The van der Waals surface area contributed by atoms with Crippen LogP contribution in [0.4, 0.5) is 5.69 Å². The molecule has 2 heterocycles. The van der Waals surface area contributed by atoms with E-state index >= 15 is 0 Å². The van der Waals surface area contributed by atoms with Gasteiger partial charge >= 0.3 is 0 Å². The third kappa shape index (κ3) is 4.33. The average Bonchev–Trinajstić information content (AvgIpc) is 3.42. The average molecular weight is 455 g/mol. The summed E-state index contributed by atoms with van der Waals surface area (Å²) in [5.74, 6) is 0.534. The van der Waals surface area contributed by atoms with Crippen molar-refractivity contribution in [2.45, 2.75) is 30.6 Å². The minimum atomic E-state index is -3.62. The van der Waals surface area contributed by atoms with Crippen LogP contribution in [0.5, 0.6) is 0 Å². The maximum atomic E-state index is 12.7. The van der Waals surface area contributed by atoms with Crippen LogP contribution >= 0.6 is 11.3 Å². The van der Waals surface area contributed by atoms with Gasteiger partial charge in [-0.05, 0) is 61.7 Å². The number of para-hydroxylation sites is 2. The topological polar surface area (TPSA) is 93.1 Å². The van der Waals surface area contributed by atoms with Gasteiger partial charge < -0.3 is 9.88 Å². The van der Waals surface area contributed by atoms with Crippen molar-refractivity contribution in [2.24, 2.45) is 0 Å². The van der Waals surface area contributed by atoms with E-state index in [9.17, 15) is 13.2 Å². The summed E-state index contributed by atoms with van der Waals surface area (Å²) < 4.78 is 29.5. The van der Waals surface area contributed by atoms with Gasteiger partial charge in [0, 0.05) is 17.8 Å². The number of hydrogen-bond donors (Lipinski definition) is 2. The molecule has 7 nitrogen and oxygen atoms in total. The number of thiophene rings is 1. The predicted molar refractivity (Wildman–Crippen MR) is 123 cm³/mol. The molecule has 1 unspecified atom stereocenters. The summed E-state index contributed by atoms with van der Waals surface area (Å²) in [6, 6.07) is 17.1. The van der Waals surface area contributed by atoms with Gasteiger partial charge in [-0.15, -0.1) is 11.3 Å². The highest BCUT2D eigenvalue weighted by Gasteiger charge is 2.19. The number of carbonyl (C=O) groups excluding carboxylic acids is 1. The number of benzene rings is 2. The number of hydrogen-bond acceptors (Lipinski definition) is 5. The van der Waals surface area contributed by atoms with Gasteiger partial charge in [0.05, 0.1) is 17.1 Å². The largest absolute Gasteiger partial charge is 0.342 e. The molecule has 0 aliphatic rings. The van der Waals surface area contributed by atoms with Crippen LogP contribution in [0.3, 0.4) is 0 Å². The van der Waals surface area contributed by atoms with E-state index in [0.717, 1.165) is 34.7 Å². The zero-order valence-electron chi connectivity index (χ0n) is 17.1. The molecule has 0 saturated carbocycles. The molecule has 4 rings (SSSR count). The Balaban J connectivity index is 1.48. The lowest BCUT2D eigenvalue weighted by Crippen LogP contribution is -2.28. The fourth-order valence-corrected chi connectivity index (χ4v) is 5.46. The van der Waals surface area contributed by atoms with Crippen LogP contribution in [0, 0.1) is 0 Å². The van der Waals surface area contributed by atoms with Crippen LogP contribution in [0.15, 0.2) is 70.3 Å². The molecule has 1 amide bonds. The highest BCUT2D eigenvalue weighted by atomic mass is 32.2. The molecule has 31 heavy (non-hydrogen) atoms. The number of aryl methyl sites for hydroxylation is 1. The molecule has 0 spiro atoms. The van der Waals surface area contributed by atoms with Crippen molar-refractivity contribution in [3.8, 4) is 0 Å². The molecule has 4 aromatic rings. The molecular weight excluding hydrogens is 432 g/mol. The minimum absolute atomic E-state index is 0.238. The monoisotopic (exact) mass is 454 g/mol. The molecule has 0 aliphatic carbocycles. The second-order valence-corrected chi connectivity index (χ2v) is 9.87. The molecule has 2 aromatic heterocycles. The van der Waals surface area contributed by atoms with Crippen LogP contribution in [0.2, 0.25) is 0 Å². The number of anilines is 1. The summed E-state index contributed by atoms with van der Waals surface area (Å²) >= 11 is 1.14. The number of fused-ring (bicyclic) bond motifs is 1. The fourth-order valence-electron chi connectivity index (χ4n) is 3.41. The zero-order valence-corrected chi connectivity index (χ0v) is 18.7. The number of nitrogens with one attached hydrogen (secondary N) is 2. The van der Waals surface area contributed by atoms with Gasteiger partial charge in [-0.3, -0.25) is 9.52 Å². The molecule has 2 aromatic carbocycles. The first-order valence-electron chi connectivity index (χ1n) is 9.81. The van der Waals surface area contributed by atoms with Gasteiger partial charge in [0.1, 0.15) is 10.0 Å². The lowest BCUT2D eigenvalue weighted by Gasteiger charge is -2.15. The van der Waals surface area contributed by atoms with Gasteiger partial charge in [-0.25, -0.2) is 13.4 Å². The summed E-state index contributed by atoms with van der Waals surface area (Å²) in [5.41, 5.74) is 2.75. The summed E-state index contributed by atoms with van der Waals surface area (Å²) in [7, 11) is -3.62. The summed E-state index contributed by atoms with van der Waals surface area (Å²) in [4.78, 5) is 17.4. The van der Waals surface area contributed by atoms with Crippen LogP contribution in [0.25, 0.3) is 11.0 Å². The fraction of sp³-hybridized carbons (Fsp3) is 0.182. The Morgan fingerprint density at radius 2 is 1.84 bits per heavy atom. The number of amides is 1. The SMILES string of the molecule is CCn1c(C(C)NC(=O)c2ccc(NS(=O)(=O)c3cccs3)cc2)nc2ccccc21. The first kappa shape index (κ1) is 21.1. The number of carbonyl (C=O) groups is 1. The second kappa shape index (κ2) is 8.52. The maximum absolute atomic E-state index is 12.7. The normalized spacial score (nSPS) is 12.6. The van der Waals surface area contributed by atoms with Gasteiger partial charge in [-0.1, -0.05) is 18.2 Å². The van der Waals surface area contributed by atoms with Crippen molar-refractivity contribution < 1.29 is 13.2 Å². The molecule has 9 heteroatoms. The van der Waals surface area contributed by atoms with Crippen molar-refractivity contribution >= 4 is 44.0 Å². The summed E-state index contributed by atoms with van der Waals surface area (Å²) in [6.07, 6.45) is 0. The van der Waals surface area contributed by atoms with E-state index in [-0.39, 0.29) is 16.2 Å². The van der Waals surface area contributed by atoms with Crippen LogP contribution in [-0.4, -0.2) is 23.9 Å². The Morgan fingerprint density at radius 3 is 2.52 bits per heavy atom. The van der Waals surface area contributed by atoms with Gasteiger partial charge in [-0.2, -0.15) is 0 Å². The lowest BCUT2D eigenvalue weighted by molar-refractivity contribution is 0.0937. The van der Waals surface area contributed by atoms with Crippen molar-refractivity contribution in [2.75, 3.05) is 4.72 Å². The predicted octanol–water partition coefficient (Wildman–Crippen LogP) is 4.41. The molecule has 0 aliphatic heterocycles. The van der Waals surface area contributed by atoms with Crippen LogP contribution < -0.4 is 10.0 Å². The van der Waals surface area contributed by atoms with E-state index in [1.54, 1.807) is 41.8 Å². The Morgan fingerprint density at radius 1 is 1.10 bits per heavy atom. The highest BCUT2D eigenvalue weighted by Crippen LogP contribution is 2.22. The number of aromatic nitrogens is 2. The van der Waals surface area contributed by atoms with Crippen molar-refractivity contribution in [3.05, 3.63) is 77.4 Å². The Labute approximate surface area is 184 Å². The van der Waals surface area contributed by atoms with E-state index in [1.165, 1.54) is 0 Å². The van der Waals surface area contributed by atoms with Crippen LogP contribution in [0.1, 0.15) is 36.1 Å². The Hall–Kier alpha value is -3.17. The van der Waals surface area contributed by atoms with Crippen LogP contribution in [-0.2, 0) is 16.6 Å². The first-order valence-corrected chi connectivity index (χ1v) is 12.2. The van der Waals surface area contributed by atoms with E-state index in [0.29, 0.717) is 11.3 Å². The van der Waals surface area contributed by atoms with E-state index in [4.69, 9.17) is 0 Å². The molecule has 0 radical (unpaired) electrons. The molecule has 0 fully saturated rings. The van der Waals surface area contributed by atoms with Crippen molar-refractivity contribution in [1.29, 1.82) is 0 Å². The lowest BCUT2D eigenvalue weighted by atomic mass is 10.2. The third-order valence-electron chi connectivity index (χ3n) is 4.89. The maximum Gasteiger partial charge on any atom is 0.271 e. The molecule has 160 valence electrons. The zero-order chi connectivity index (χ0) is 22.0. The van der Waals surface area contributed by atoms with E-state index < -0.39 is 10.0 Å². The van der Waals surface area contributed by atoms with Crippen molar-refractivity contribution in [1.82, 2.24) is 14.9 Å². The van der Waals surface area contributed by atoms with E-state index in [2.05, 4.69) is 19.6 Å². The highest BCUT2D eigenvalue weighted by molar-refractivity contribution is 7.94. The molecule has 0 saturated heterocycles. The van der Waals surface area contributed by atoms with Gasteiger partial charge in [0.2, 0.25) is 0 Å². The van der Waals surface area contributed by atoms with Crippen molar-refractivity contribution in [3.63, 3.8) is 0 Å². The molecule has 1 atom stereocenters. The third-order valence-corrected chi connectivity index (χ3v) is 7.67. The quantitative estimate of drug-likeness (QED) is 0.433. The smallest absolute Gasteiger partial charge is 0.271 e. The number of nitrogens with zero attached hydrogens (tertiary/aromatic N) is 2. The summed E-state index contributed by atoms with van der Waals surface area (Å²) in [6.45, 7) is 4.69. The van der Waals surface area contributed by atoms with E-state index in [1.807, 2.05) is 38.1 Å². The van der Waals surface area contributed by atoms with Gasteiger partial charge in [0.25, 0.3) is 15.9 Å². The van der Waals surface area contributed by atoms with Gasteiger partial charge in [0.15, 0.2) is 0 Å². The number of imidazole rings is 1. The second-order valence-electron chi connectivity index (χ2n) is 7.01. The standard InChI is InChI=1S/C22H22N4O3S2/c1-3-26-19-8-5-4-7-18(19)24-21(26)15(2)23-22(27)16-10-12-17(13-11-16)25-31(28,29)20-9-6-14-30-20/h4-15,25H,3H2,1-2H3,(H,23,27). The Kier molecular flexibility index (Phi) is 5.79. The minimum Gasteiger partial charge on any atom is -0.342 e. The molecule has 2 N–H and O–H groups in total. The number of rotatable bonds is 7.